The summed E-state index contributed by atoms with van der Waals surface area (Å²) in [4.78, 5) is 0. The lowest BCUT2D eigenvalue weighted by Crippen LogP contribution is -2.17. The number of nitriles is 2. The Balaban J connectivity index is 1.48. The van der Waals surface area contributed by atoms with Crippen LogP contribution in [0.3, 0.4) is 0 Å². The topological polar surface area (TPSA) is 59.6 Å². The summed E-state index contributed by atoms with van der Waals surface area (Å²) in [6.45, 7) is 6.46. The minimum Gasteiger partial charge on any atom is -0.353 e. The third kappa shape index (κ3) is 4.67. The lowest BCUT2D eigenvalue weighted by atomic mass is 9.79. The molecular formula is C42H31N3. The minimum atomic E-state index is -0.387. The first-order valence-corrected chi connectivity index (χ1v) is 15.1. The van der Waals surface area contributed by atoms with Gasteiger partial charge in [0, 0.05) is 22.2 Å². The van der Waals surface area contributed by atoms with E-state index in [9.17, 15) is 10.5 Å². The number of nitrogens with zero attached hydrogens (tertiary/aromatic N) is 2. The summed E-state index contributed by atoms with van der Waals surface area (Å²) in [5.74, 6) is 0. The maximum atomic E-state index is 10.4. The Labute approximate surface area is 264 Å². The summed E-state index contributed by atoms with van der Waals surface area (Å²) in [5.41, 5.74) is 14.2. The Kier molecular flexibility index (Phi) is 6.81. The molecular weight excluding hydrogens is 546 g/mol. The van der Waals surface area contributed by atoms with Gasteiger partial charge in [-0.2, -0.15) is 10.5 Å². The summed E-state index contributed by atoms with van der Waals surface area (Å²) in [6, 6.07) is 48.7. The molecule has 0 heterocycles. The van der Waals surface area contributed by atoms with Gasteiger partial charge in [0.2, 0.25) is 0 Å². The molecule has 7 rings (SSSR count). The van der Waals surface area contributed by atoms with Gasteiger partial charge in [0.1, 0.15) is 6.07 Å². The van der Waals surface area contributed by atoms with Crippen LogP contribution in [-0.4, -0.2) is 0 Å². The lowest BCUT2D eigenvalue weighted by molar-refractivity contribution is 0.658. The molecule has 0 saturated heterocycles. The Hall–Kier alpha value is -5.90. The van der Waals surface area contributed by atoms with Crippen molar-refractivity contribution in [2.45, 2.75) is 26.2 Å². The molecule has 1 N–H and O–H groups in total. The van der Waals surface area contributed by atoms with E-state index >= 15 is 0 Å². The molecule has 0 bridgehead atoms. The van der Waals surface area contributed by atoms with Crippen LogP contribution in [0.2, 0.25) is 0 Å². The van der Waals surface area contributed by atoms with Crippen LogP contribution in [0.15, 0.2) is 127 Å². The van der Waals surface area contributed by atoms with Crippen molar-refractivity contribution in [3.63, 3.8) is 0 Å². The van der Waals surface area contributed by atoms with Crippen molar-refractivity contribution < 1.29 is 0 Å². The monoisotopic (exact) mass is 577 g/mol. The van der Waals surface area contributed by atoms with Gasteiger partial charge in [0.15, 0.2) is 0 Å². The first kappa shape index (κ1) is 27.9. The molecule has 0 amide bonds. The molecule has 6 aromatic rings. The average molecular weight is 578 g/mol. The highest BCUT2D eigenvalue weighted by atomic mass is 14.9. The highest BCUT2D eigenvalue weighted by Gasteiger charge is 2.40. The molecule has 0 fully saturated rings. The Morgan fingerprint density at radius 3 is 1.78 bits per heavy atom. The van der Waals surface area contributed by atoms with Crippen molar-refractivity contribution in [1.82, 2.24) is 0 Å². The first-order chi connectivity index (χ1) is 21.9. The lowest BCUT2D eigenvalue weighted by Gasteiger charge is -2.24. The van der Waals surface area contributed by atoms with E-state index in [0.29, 0.717) is 11.1 Å². The third-order valence-electron chi connectivity index (χ3n) is 9.08. The van der Waals surface area contributed by atoms with Gasteiger partial charge in [0.05, 0.1) is 22.9 Å². The van der Waals surface area contributed by atoms with Crippen molar-refractivity contribution in [2.24, 2.45) is 0 Å². The fraction of sp³-hybridized carbons (Fsp3) is 0.0952. The van der Waals surface area contributed by atoms with E-state index in [1.54, 1.807) is 6.07 Å². The van der Waals surface area contributed by atoms with Crippen LogP contribution in [0, 0.1) is 29.6 Å². The van der Waals surface area contributed by atoms with Crippen LogP contribution in [0.25, 0.3) is 44.5 Å². The molecule has 0 aromatic heterocycles. The zero-order chi connectivity index (χ0) is 31.1. The number of fused-ring (bicyclic) bond motifs is 3. The van der Waals surface area contributed by atoms with Crippen molar-refractivity contribution in [1.29, 1.82) is 10.5 Å². The molecule has 0 aliphatic heterocycles. The van der Waals surface area contributed by atoms with Crippen LogP contribution in [0.5, 0.6) is 0 Å². The van der Waals surface area contributed by atoms with E-state index in [4.69, 9.17) is 0 Å². The van der Waals surface area contributed by atoms with Gasteiger partial charge in [0.25, 0.3) is 0 Å². The summed E-state index contributed by atoms with van der Waals surface area (Å²) < 4.78 is 0. The van der Waals surface area contributed by atoms with E-state index in [1.165, 1.54) is 0 Å². The molecule has 214 valence electrons. The summed E-state index contributed by atoms with van der Waals surface area (Å²) in [5, 5.41) is 24.4. The number of benzene rings is 6. The van der Waals surface area contributed by atoms with Gasteiger partial charge >= 0.3 is 0 Å². The average Bonchev–Trinajstić information content (AvgIpc) is 3.33. The molecule has 0 radical (unpaired) electrons. The number of rotatable bonds is 5. The van der Waals surface area contributed by atoms with E-state index in [2.05, 4.69) is 135 Å². The standard InChI is InChI=1S/C42H31N3/c1-27-18-19-30(28-12-6-4-7-13-28)23-35(27)36-24-31(29-14-8-5-9-15-29)20-21-38(36)45-41-33(26-44)22-32(25-43)40-39(41)34-16-10-11-17-37(34)42(40,2)3/h4-24,45H,1-3H3. The number of hydrogen-bond acceptors (Lipinski definition) is 3. The van der Waals surface area contributed by atoms with E-state index in [-0.39, 0.29) is 5.41 Å². The molecule has 1 aliphatic carbocycles. The Bertz CT molecular complexity index is 2180. The SMILES string of the molecule is Cc1ccc(-c2ccccc2)cc1-c1cc(-c2ccccc2)ccc1Nc1c(C#N)cc(C#N)c2c1-c1ccccc1C2(C)C. The van der Waals surface area contributed by atoms with Crippen LogP contribution < -0.4 is 5.32 Å². The van der Waals surface area contributed by atoms with Crippen molar-refractivity contribution in [2.75, 3.05) is 5.32 Å². The molecule has 0 saturated carbocycles. The van der Waals surface area contributed by atoms with Gasteiger partial charge < -0.3 is 5.32 Å². The Morgan fingerprint density at radius 2 is 1.13 bits per heavy atom. The van der Waals surface area contributed by atoms with Crippen molar-refractivity contribution >= 4 is 11.4 Å². The third-order valence-corrected chi connectivity index (χ3v) is 9.08. The zero-order valence-corrected chi connectivity index (χ0v) is 25.5. The molecule has 3 nitrogen and oxygen atoms in total. The minimum absolute atomic E-state index is 0.387. The normalized spacial score (nSPS) is 12.5. The molecule has 0 atom stereocenters. The largest absolute Gasteiger partial charge is 0.353 e. The maximum Gasteiger partial charge on any atom is 0.101 e. The predicted molar refractivity (Wildman–Crippen MR) is 184 cm³/mol. The Morgan fingerprint density at radius 1 is 0.556 bits per heavy atom. The fourth-order valence-corrected chi connectivity index (χ4v) is 6.83. The van der Waals surface area contributed by atoms with Gasteiger partial charge in [-0.25, -0.2) is 0 Å². The second-order valence-electron chi connectivity index (χ2n) is 12.1. The molecule has 3 heteroatoms. The molecule has 0 unspecified atom stereocenters. The molecule has 45 heavy (non-hydrogen) atoms. The number of anilines is 2. The predicted octanol–water partition coefficient (Wildman–Crippen LogP) is 10.8. The van der Waals surface area contributed by atoms with E-state index in [0.717, 1.165) is 72.6 Å². The highest BCUT2D eigenvalue weighted by molar-refractivity contribution is 5.98. The summed E-state index contributed by atoms with van der Waals surface area (Å²) in [7, 11) is 0. The number of nitrogens with one attached hydrogen (secondary N) is 1. The summed E-state index contributed by atoms with van der Waals surface area (Å²) in [6.07, 6.45) is 0. The fourth-order valence-electron chi connectivity index (χ4n) is 6.83. The molecule has 1 aliphatic rings. The highest BCUT2D eigenvalue weighted by Crippen LogP contribution is 2.54. The van der Waals surface area contributed by atoms with Gasteiger partial charge in [-0.1, -0.05) is 117 Å². The summed E-state index contributed by atoms with van der Waals surface area (Å²) >= 11 is 0. The van der Waals surface area contributed by atoms with Crippen LogP contribution in [0.4, 0.5) is 11.4 Å². The maximum absolute atomic E-state index is 10.4. The van der Waals surface area contributed by atoms with E-state index in [1.807, 2.05) is 24.3 Å². The van der Waals surface area contributed by atoms with Crippen LogP contribution in [0.1, 0.15) is 41.7 Å². The van der Waals surface area contributed by atoms with Crippen molar-refractivity contribution in [3.05, 3.63) is 155 Å². The van der Waals surface area contributed by atoms with Gasteiger partial charge in [-0.05, 0) is 81.3 Å². The smallest absolute Gasteiger partial charge is 0.101 e. The number of aryl methyl sites for hydroxylation is 1. The molecule has 0 spiro atoms. The van der Waals surface area contributed by atoms with E-state index < -0.39 is 0 Å². The second-order valence-corrected chi connectivity index (χ2v) is 12.1. The van der Waals surface area contributed by atoms with Crippen LogP contribution in [-0.2, 0) is 5.41 Å². The molecule has 6 aromatic carbocycles. The first-order valence-electron chi connectivity index (χ1n) is 15.1. The van der Waals surface area contributed by atoms with Crippen LogP contribution >= 0.6 is 0 Å². The van der Waals surface area contributed by atoms with Gasteiger partial charge in [-0.15, -0.1) is 0 Å². The number of hydrogen-bond donors (Lipinski definition) is 1. The second kappa shape index (κ2) is 11.0. The quantitative estimate of drug-likeness (QED) is 0.222. The van der Waals surface area contributed by atoms with Gasteiger partial charge in [-0.3, -0.25) is 0 Å². The van der Waals surface area contributed by atoms with Crippen molar-refractivity contribution in [3.8, 4) is 56.6 Å². The zero-order valence-electron chi connectivity index (χ0n) is 25.5.